The summed E-state index contributed by atoms with van der Waals surface area (Å²) in [5.41, 5.74) is 2.48. The summed E-state index contributed by atoms with van der Waals surface area (Å²) in [7, 11) is 1.58. The van der Waals surface area contributed by atoms with Gasteiger partial charge in [-0.15, -0.1) is 5.10 Å². The van der Waals surface area contributed by atoms with Gasteiger partial charge in [0.25, 0.3) is 5.91 Å². The highest BCUT2D eigenvalue weighted by Gasteiger charge is 2.25. The van der Waals surface area contributed by atoms with Crippen LogP contribution in [0.4, 0.5) is 5.82 Å². The molecular weight excluding hydrogens is 434 g/mol. The highest BCUT2D eigenvalue weighted by molar-refractivity contribution is 5.83. The van der Waals surface area contributed by atoms with Gasteiger partial charge < -0.3 is 19.3 Å². The molecule has 10 nitrogen and oxygen atoms in total. The lowest BCUT2D eigenvalue weighted by Gasteiger charge is -2.35. The van der Waals surface area contributed by atoms with Crippen molar-refractivity contribution in [1.29, 1.82) is 0 Å². The smallest absolute Gasteiger partial charge is 0.260 e. The SMILES string of the molecule is COc1ccccc1OCC(=O)N1CCN(c2ncnc3c2nnn3Cc2ccccc2)CC1. The summed E-state index contributed by atoms with van der Waals surface area (Å²) in [6.07, 6.45) is 1.54. The average Bonchev–Trinajstić information content (AvgIpc) is 3.31. The number of para-hydroxylation sites is 2. The van der Waals surface area contributed by atoms with E-state index < -0.39 is 0 Å². The van der Waals surface area contributed by atoms with Gasteiger partial charge in [0.2, 0.25) is 0 Å². The van der Waals surface area contributed by atoms with Gasteiger partial charge in [0.1, 0.15) is 6.33 Å². The number of benzene rings is 2. The van der Waals surface area contributed by atoms with Crippen LogP contribution in [0.1, 0.15) is 5.56 Å². The Morgan fingerprint density at radius 3 is 2.44 bits per heavy atom. The number of aromatic nitrogens is 5. The molecule has 3 heterocycles. The van der Waals surface area contributed by atoms with Gasteiger partial charge in [-0.25, -0.2) is 14.6 Å². The molecule has 0 bridgehead atoms. The van der Waals surface area contributed by atoms with E-state index in [1.54, 1.807) is 35.2 Å². The van der Waals surface area contributed by atoms with Crippen LogP contribution in [0.5, 0.6) is 11.5 Å². The fourth-order valence-electron chi connectivity index (χ4n) is 4.01. The molecule has 0 atom stereocenters. The third-order valence-electron chi connectivity index (χ3n) is 5.81. The number of hydrogen-bond donors (Lipinski definition) is 0. The standard InChI is InChI=1S/C24H25N7O3/c1-33-19-9-5-6-10-20(19)34-16-21(32)29-11-13-30(14-12-29)23-22-24(26-17-25-23)31(28-27-22)15-18-7-3-2-4-8-18/h2-10,17H,11-16H2,1H3. The summed E-state index contributed by atoms with van der Waals surface area (Å²) in [4.78, 5) is 25.5. The van der Waals surface area contributed by atoms with Crippen LogP contribution in [-0.4, -0.2) is 75.7 Å². The normalized spacial score (nSPS) is 13.8. The van der Waals surface area contributed by atoms with Crippen molar-refractivity contribution in [1.82, 2.24) is 29.9 Å². The summed E-state index contributed by atoms with van der Waals surface area (Å²) < 4.78 is 12.7. The van der Waals surface area contributed by atoms with Gasteiger partial charge in [0, 0.05) is 26.2 Å². The van der Waals surface area contributed by atoms with Crippen LogP contribution in [0.3, 0.4) is 0 Å². The summed E-state index contributed by atoms with van der Waals surface area (Å²) in [6, 6.07) is 17.4. The minimum atomic E-state index is -0.0628. The van der Waals surface area contributed by atoms with Crippen molar-refractivity contribution < 1.29 is 14.3 Å². The number of rotatable bonds is 7. The molecule has 2 aromatic carbocycles. The van der Waals surface area contributed by atoms with Crippen molar-refractivity contribution in [2.75, 3.05) is 44.8 Å². The molecule has 4 aromatic rings. The topological polar surface area (TPSA) is 98.5 Å². The summed E-state index contributed by atoms with van der Waals surface area (Å²) in [5, 5.41) is 8.66. The molecule has 1 aliphatic rings. The van der Waals surface area contributed by atoms with Crippen LogP contribution in [0.2, 0.25) is 0 Å². The summed E-state index contributed by atoms with van der Waals surface area (Å²) in [5.74, 6) is 1.83. The number of hydrogen-bond acceptors (Lipinski definition) is 8. The first-order valence-electron chi connectivity index (χ1n) is 11.1. The molecule has 5 rings (SSSR count). The monoisotopic (exact) mass is 459 g/mol. The van der Waals surface area contributed by atoms with Gasteiger partial charge >= 0.3 is 0 Å². The number of methoxy groups -OCH3 is 1. The van der Waals surface area contributed by atoms with E-state index in [-0.39, 0.29) is 12.5 Å². The van der Waals surface area contributed by atoms with E-state index >= 15 is 0 Å². The van der Waals surface area contributed by atoms with Crippen LogP contribution >= 0.6 is 0 Å². The Hall–Kier alpha value is -4.21. The predicted octanol–water partition coefficient (Wildman–Crippen LogP) is 2.01. The first-order valence-corrected chi connectivity index (χ1v) is 11.1. The molecule has 1 saturated heterocycles. The summed E-state index contributed by atoms with van der Waals surface area (Å²) in [6.45, 7) is 2.96. The Bertz CT molecular complexity index is 1270. The van der Waals surface area contributed by atoms with E-state index in [0.29, 0.717) is 55.4 Å². The molecule has 1 aliphatic heterocycles. The number of piperazine rings is 1. The van der Waals surface area contributed by atoms with Crippen molar-refractivity contribution in [3.63, 3.8) is 0 Å². The van der Waals surface area contributed by atoms with Crippen LogP contribution in [0.15, 0.2) is 60.9 Å². The molecule has 0 N–H and O–H groups in total. The average molecular weight is 460 g/mol. The second-order valence-electron chi connectivity index (χ2n) is 7.91. The Morgan fingerprint density at radius 2 is 1.68 bits per heavy atom. The molecule has 0 unspecified atom stereocenters. The van der Waals surface area contributed by atoms with Crippen molar-refractivity contribution in [2.45, 2.75) is 6.54 Å². The lowest BCUT2D eigenvalue weighted by atomic mass is 10.2. The number of amides is 1. The zero-order chi connectivity index (χ0) is 23.3. The molecule has 10 heteroatoms. The molecule has 174 valence electrons. The number of fused-ring (bicyclic) bond motifs is 1. The van der Waals surface area contributed by atoms with E-state index in [2.05, 4.69) is 25.2 Å². The van der Waals surface area contributed by atoms with Crippen LogP contribution in [0, 0.1) is 0 Å². The molecule has 34 heavy (non-hydrogen) atoms. The predicted molar refractivity (Wildman–Crippen MR) is 126 cm³/mol. The lowest BCUT2D eigenvalue weighted by Crippen LogP contribution is -2.50. The van der Waals surface area contributed by atoms with Gasteiger partial charge in [-0.2, -0.15) is 0 Å². The number of nitrogens with zero attached hydrogens (tertiary/aromatic N) is 7. The maximum atomic E-state index is 12.7. The van der Waals surface area contributed by atoms with Crippen molar-refractivity contribution in [2.24, 2.45) is 0 Å². The maximum Gasteiger partial charge on any atom is 0.260 e. The van der Waals surface area contributed by atoms with Crippen LogP contribution in [-0.2, 0) is 11.3 Å². The van der Waals surface area contributed by atoms with Crippen molar-refractivity contribution in [3.8, 4) is 11.5 Å². The van der Waals surface area contributed by atoms with Crippen molar-refractivity contribution in [3.05, 3.63) is 66.5 Å². The van der Waals surface area contributed by atoms with E-state index in [1.165, 1.54) is 0 Å². The van der Waals surface area contributed by atoms with Gasteiger partial charge in [0.05, 0.1) is 13.7 Å². The Kier molecular flexibility index (Phi) is 6.19. The maximum absolute atomic E-state index is 12.7. The van der Waals surface area contributed by atoms with E-state index in [1.807, 2.05) is 42.5 Å². The van der Waals surface area contributed by atoms with Gasteiger partial charge in [-0.05, 0) is 17.7 Å². The Morgan fingerprint density at radius 1 is 0.941 bits per heavy atom. The Labute approximate surface area is 196 Å². The third kappa shape index (κ3) is 4.47. The Balaban J connectivity index is 1.22. The second kappa shape index (κ2) is 9.74. The number of ether oxygens (including phenoxy) is 2. The first-order chi connectivity index (χ1) is 16.7. The number of carbonyl (C=O) groups excluding carboxylic acids is 1. The molecule has 0 saturated carbocycles. The molecule has 2 aromatic heterocycles. The fraction of sp³-hybridized carbons (Fsp3) is 0.292. The zero-order valence-corrected chi connectivity index (χ0v) is 18.9. The molecule has 0 spiro atoms. The van der Waals surface area contributed by atoms with Gasteiger partial charge in [-0.3, -0.25) is 4.79 Å². The van der Waals surface area contributed by atoms with Crippen LogP contribution < -0.4 is 14.4 Å². The minimum absolute atomic E-state index is 0.0358. The highest BCUT2D eigenvalue weighted by Crippen LogP contribution is 2.26. The van der Waals surface area contributed by atoms with Crippen LogP contribution in [0.25, 0.3) is 11.2 Å². The highest BCUT2D eigenvalue weighted by atomic mass is 16.5. The van der Waals surface area contributed by atoms with Crippen molar-refractivity contribution >= 4 is 22.9 Å². The van der Waals surface area contributed by atoms with E-state index in [0.717, 1.165) is 11.4 Å². The van der Waals surface area contributed by atoms with E-state index in [4.69, 9.17) is 9.47 Å². The largest absolute Gasteiger partial charge is 0.493 e. The quantitative estimate of drug-likeness (QED) is 0.414. The van der Waals surface area contributed by atoms with Gasteiger partial charge in [0.15, 0.2) is 35.1 Å². The molecule has 1 fully saturated rings. The molecule has 1 amide bonds. The lowest BCUT2D eigenvalue weighted by molar-refractivity contribution is -0.133. The molecule has 0 radical (unpaired) electrons. The number of anilines is 1. The second-order valence-corrected chi connectivity index (χ2v) is 7.91. The van der Waals surface area contributed by atoms with E-state index in [9.17, 15) is 4.79 Å². The first kappa shape index (κ1) is 21.6. The third-order valence-corrected chi connectivity index (χ3v) is 5.81. The fourth-order valence-corrected chi connectivity index (χ4v) is 4.01. The molecular formula is C24H25N7O3. The molecule has 0 aliphatic carbocycles. The summed E-state index contributed by atoms with van der Waals surface area (Å²) >= 11 is 0. The van der Waals surface area contributed by atoms with Gasteiger partial charge in [-0.1, -0.05) is 47.7 Å². The number of carbonyl (C=O) groups is 1. The minimum Gasteiger partial charge on any atom is -0.493 e. The zero-order valence-electron chi connectivity index (χ0n) is 18.9.